The fourth-order valence-corrected chi connectivity index (χ4v) is 1.82. The van der Waals surface area contributed by atoms with Crippen LogP contribution in [0.1, 0.15) is 13.3 Å². The van der Waals surface area contributed by atoms with Crippen LogP contribution in [0, 0.1) is 5.92 Å². The van der Waals surface area contributed by atoms with Crippen molar-refractivity contribution in [1.82, 2.24) is 10.6 Å². The van der Waals surface area contributed by atoms with Gasteiger partial charge in [-0.1, -0.05) is 6.92 Å². The van der Waals surface area contributed by atoms with E-state index in [2.05, 4.69) is 10.6 Å². The van der Waals surface area contributed by atoms with E-state index in [0.717, 1.165) is 13.1 Å². The molecular formula is C8H16N2O2. The predicted molar refractivity (Wildman–Crippen MR) is 46.1 cm³/mol. The molecule has 2 unspecified atom stereocenters. The topological polar surface area (TPSA) is 61.4 Å². The molecule has 1 heterocycles. The molecule has 4 nitrogen and oxygen atoms in total. The van der Waals surface area contributed by atoms with E-state index in [1.54, 1.807) is 7.05 Å². The van der Waals surface area contributed by atoms with E-state index in [-0.39, 0.29) is 5.92 Å². The van der Waals surface area contributed by atoms with Gasteiger partial charge in [0.15, 0.2) is 0 Å². The molecule has 1 aliphatic heterocycles. The molecule has 1 aliphatic rings. The van der Waals surface area contributed by atoms with Crippen LogP contribution in [0.15, 0.2) is 0 Å². The second-order valence-electron chi connectivity index (χ2n) is 3.38. The maximum Gasteiger partial charge on any atom is 0.324 e. The van der Waals surface area contributed by atoms with Crippen molar-refractivity contribution in [2.45, 2.75) is 18.9 Å². The molecular weight excluding hydrogens is 156 g/mol. The van der Waals surface area contributed by atoms with Crippen molar-refractivity contribution in [3.05, 3.63) is 0 Å². The summed E-state index contributed by atoms with van der Waals surface area (Å²) in [5.41, 5.74) is -0.717. The number of carboxylic acid groups (broad SMARTS) is 1. The minimum Gasteiger partial charge on any atom is -0.480 e. The fraction of sp³-hybridized carbons (Fsp3) is 0.875. The van der Waals surface area contributed by atoms with Crippen molar-refractivity contribution in [3.63, 3.8) is 0 Å². The second-order valence-corrected chi connectivity index (χ2v) is 3.38. The van der Waals surface area contributed by atoms with E-state index in [1.165, 1.54) is 0 Å². The molecule has 1 saturated heterocycles. The maximum atomic E-state index is 11.0. The highest BCUT2D eigenvalue weighted by Crippen LogP contribution is 2.23. The Morgan fingerprint density at radius 3 is 2.75 bits per heavy atom. The summed E-state index contributed by atoms with van der Waals surface area (Å²) in [6, 6.07) is 0. The van der Waals surface area contributed by atoms with Gasteiger partial charge in [0.25, 0.3) is 0 Å². The smallest absolute Gasteiger partial charge is 0.324 e. The van der Waals surface area contributed by atoms with Gasteiger partial charge in [0.1, 0.15) is 5.54 Å². The number of carbonyl (C=O) groups is 1. The molecule has 0 aromatic rings. The molecule has 12 heavy (non-hydrogen) atoms. The quantitative estimate of drug-likeness (QED) is 0.533. The average Bonchev–Trinajstić information content (AvgIpc) is 2.05. The highest BCUT2D eigenvalue weighted by atomic mass is 16.4. The summed E-state index contributed by atoms with van der Waals surface area (Å²) in [7, 11) is 1.72. The Labute approximate surface area is 72.3 Å². The first kappa shape index (κ1) is 9.48. The minimum absolute atomic E-state index is 0.133. The van der Waals surface area contributed by atoms with Crippen molar-refractivity contribution in [2.24, 2.45) is 5.92 Å². The van der Waals surface area contributed by atoms with Gasteiger partial charge in [0, 0.05) is 6.54 Å². The second kappa shape index (κ2) is 3.41. The molecule has 1 fully saturated rings. The van der Waals surface area contributed by atoms with Crippen LogP contribution in [0.4, 0.5) is 0 Å². The number of hydrogen-bond donors (Lipinski definition) is 3. The summed E-state index contributed by atoms with van der Waals surface area (Å²) in [4.78, 5) is 11.0. The highest BCUT2D eigenvalue weighted by Gasteiger charge is 2.43. The van der Waals surface area contributed by atoms with E-state index >= 15 is 0 Å². The van der Waals surface area contributed by atoms with Crippen LogP contribution >= 0.6 is 0 Å². The Bertz CT molecular complexity index is 184. The SMILES string of the molecule is CNC1(C(=O)O)CCNCC1C. The molecule has 0 amide bonds. The molecule has 70 valence electrons. The van der Waals surface area contributed by atoms with Gasteiger partial charge in [-0.05, 0) is 25.9 Å². The van der Waals surface area contributed by atoms with Crippen molar-refractivity contribution >= 4 is 5.97 Å². The van der Waals surface area contributed by atoms with Crippen LogP contribution in [0.3, 0.4) is 0 Å². The number of hydrogen-bond acceptors (Lipinski definition) is 3. The lowest BCUT2D eigenvalue weighted by molar-refractivity contribution is -0.148. The first-order valence-electron chi connectivity index (χ1n) is 4.26. The monoisotopic (exact) mass is 172 g/mol. The number of nitrogens with one attached hydrogen (secondary N) is 2. The molecule has 0 bridgehead atoms. The number of likely N-dealkylation sites (N-methyl/N-ethyl adjacent to an activating group) is 1. The van der Waals surface area contributed by atoms with E-state index in [4.69, 9.17) is 5.11 Å². The molecule has 3 N–H and O–H groups in total. The van der Waals surface area contributed by atoms with Gasteiger partial charge in [0.05, 0.1) is 0 Å². The lowest BCUT2D eigenvalue weighted by Gasteiger charge is -2.39. The minimum atomic E-state index is -0.737. The number of rotatable bonds is 2. The lowest BCUT2D eigenvalue weighted by atomic mass is 9.80. The van der Waals surface area contributed by atoms with E-state index in [0.29, 0.717) is 6.42 Å². The van der Waals surface area contributed by atoms with E-state index in [9.17, 15) is 4.79 Å². The summed E-state index contributed by atoms with van der Waals surface area (Å²) in [6.45, 7) is 3.50. The predicted octanol–water partition coefficient (Wildman–Crippen LogP) is -0.341. The Kier molecular flexibility index (Phi) is 2.69. The van der Waals surface area contributed by atoms with Crippen molar-refractivity contribution in [3.8, 4) is 0 Å². The van der Waals surface area contributed by atoms with Gasteiger partial charge < -0.3 is 15.7 Å². The summed E-state index contributed by atoms with van der Waals surface area (Å²) in [5, 5.41) is 15.2. The Hall–Kier alpha value is -0.610. The lowest BCUT2D eigenvalue weighted by Crippen LogP contribution is -2.61. The zero-order valence-electron chi connectivity index (χ0n) is 7.55. The molecule has 1 rings (SSSR count). The zero-order chi connectivity index (χ0) is 9.19. The van der Waals surface area contributed by atoms with Gasteiger partial charge in [-0.3, -0.25) is 4.79 Å². The molecule has 0 aliphatic carbocycles. The Morgan fingerprint density at radius 2 is 2.42 bits per heavy atom. The van der Waals surface area contributed by atoms with Crippen molar-refractivity contribution < 1.29 is 9.90 Å². The molecule has 0 aromatic heterocycles. The van der Waals surface area contributed by atoms with Gasteiger partial charge in [0.2, 0.25) is 0 Å². The van der Waals surface area contributed by atoms with Gasteiger partial charge in [-0.15, -0.1) is 0 Å². The maximum absolute atomic E-state index is 11.0. The summed E-state index contributed by atoms with van der Waals surface area (Å²) >= 11 is 0. The first-order chi connectivity index (χ1) is 5.63. The normalized spacial score (nSPS) is 36.3. The molecule has 0 spiro atoms. The van der Waals surface area contributed by atoms with Gasteiger partial charge >= 0.3 is 5.97 Å². The first-order valence-corrected chi connectivity index (χ1v) is 4.26. The number of piperidine rings is 1. The summed E-state index contributed by atoms with van der Waals surface area (Å²) in [6.07, 6.45) is 0.653. The van der Waals surface area contributed by atoms with Crippen LogP contribution in [-0.2, 0) is 4.79 Å². The standard InChI is InChI=1S/C8H16N2O2/c1-6-5-10-4-3-8(6,9-2)7(11)12/h6,9-10H,3-5H2,1-2H3,(H,11,12). The van der Waals surface area contributed by atoms with Gasteiger partial charge in [-0.2, -0.15) is 0 Å². The largest absolute Gasteiger partial charge is 0.480 e. The summed E-state index contributed by atoms with van der Waals surface area (Å²) < 4.78 is 0. The fourth-order valence-electron chi connectivity index (χ4n) is 1.82. The molecule has 2 atom stereocenters. The number of carboxylic acids is 1. The van der Waals surface area contributed by atoms with Crippen LogP contribution in [-0.4, -0.2) is 36.8 Å². The van der Waals surface area contributed by atoms with E-state index in [1.807, 2.05) is 6.92 Å². The van der Waals surface area contributed by atoms with Crippen LogP contribution < -0.4 is 10.6 Å². The van der Waals surface area contributed by atoms with Crippen LogP contribution in [0.25, 0.3) is 0 Å². The van der Waals surface area contributed by atoms with Crippen LogP contribution in [0.5, 0.6) is 0 Å². The third-order valence-corrected chi connectivity index (χ3v) is 2.82. The molecule has 0 aromatic carbocycles. The Balaban J connectivity index is 2.81. The molecule has 0 radical (unpaired) electrons. The van der Waals surface area contributed by atoms with Gasteiger partial charge in [-0.25, -0.2) is 0 Å². The third-order valence-electron chi connectivity index (χ3n) is 2.82. The number of aliphatic carboxylic acids is 1. The summed E-state index contributed by atoms with van der Waals surface area (Å²) in [5.74, 6) is -0.604. The third kappa shape index (κ3) is 1.32. The highest BCUT2D eigenvalue weighted by molar-refractivity contribution is 5.79. The average molecular weight is 172 g/mol. The Morgan fingerprint density at radius 1 is 1.75 bits per heavy atom. The zero-order valence-corrected chi connectivity index (χ0v) is 7.55. The molecule has 0 saturated carbocycles. The van der Waals surface area contributed by atoms with Crippen molar-refractivity contribution in [2.75, 3.05) is 20.1 Å². The van der Waals surface area contributed by atoms with Crippen molar-refractivity contribution in [1.29, 1.82) is 0 Å². The molecule has 4 heteroatoms. The van der Waals surface area contributed by atoms with E-state index < -0.39 is 11.5 Å². The van der Waals surface area contributed by atoms with Crippen LogP contribution in [0.2, 0.25) is 0 Å².